The van der Waals surface area contributed by atoms with E-state index in [1.165, 1.54) is 6.26 Å². The van der Waals surface area contributed by atoms with Gasteiger partial charge in [-0.15, -0.1) is 0 Å². The van der Waals surface area contributed by atoms with E-state index in [2.05, 4.69) is 5.10 Å². The molecule has 0 aliphatic heterocycles. The predicted molar refractivity (Wildman–Crippen MR) is 103 cm³/mol. The second-order valence-corrected chi connectivity index (χ2v) is 8.07. The standard InChI is InChI=1S/C20H13F4N3O3S/c21-15-10-14(7-8-18(15)31(25,28)29)27-16(11-19(26-27)20(22,23)24)12-3-5-13(6-4-12)17-2-1-9-30-17/h1-11H,(H2,25,28,29). The molecule has 11 heteroatoms. The van der Waals surface area contributed by atoms with Crippen molar-refractivity contribution < 1.29 is 30.4 Å². The summed E-state index contributed by atoms with van der Waals surface area (Å²) >= 11 is 0. The summed E-state index contributed by atoms with van der Waals surface area (Å²) in [6.45, 7) is 0. The molecule has 6 nitrogen and oxygen atoms in total. The number of furan rings is 1. The Hall–Kier alpha value is -3.44. The number of hydrogen-bond donors (Lipinski definition) is 1. The van der Waals surface area contributed by atoms with Crippen LogP contribution in [0.15, 0.2) is 76.2 Å². The normalized spacial score (nSPS) is 12.3. The van der Waals surface area contributed by atoms with E-state index < -0.39 is 32.6 Å². The fraction of sp³-hybridized carbons (Fsp3) is 0.0500. The summed E-state index contributed by atoms with van der Waals surface area (Å²) in [6, 6.07) is 13.5. The van der Waals surface area contributed by atoms with E-state index in [1.54, 1.807) is 36.4 Å². The molecule has 0 radical (unpaired) electrons. The van der Waals surface area contributed by atoms with Gasteiger partial charge in [-0.2, -0.15) is 18.3 Å². The summed E-state index contributed by atoms with van der Waals surface area (Å²) in [6.07, 6.45) is -3.25. The average molecular weight is 451 g/mol. The lowest BCUT2D eigenvalue weighted by Crippen LogP contribution is -2.14. The van der Waals surface area contributed by atoms with Crippen LogP contribution in [0.5, 0.6) is 0 Å². The van der Waals surface area contributed by atoms with Gasteiger partial charge in [0.2, 0.25) is 10.0 Å². The van der Waals surface area contributed by atoms with Crippen molar-refractivity contribution in [1.82, 2.24) is 9.78 Å². The molecule has 0 atom stereocenters. The highest BCUT2D eigenvalue weighted by atomic mass is 32.2. The zero-order valence-electron chi connectivity index (χ0n) is 15.5. The van der Waals surface area contributed by atoms with E-state index in [9.17, 15) is 26.0 Å². The van der Waals surface area contributed by atoms with Gasteiger partial charge in [0, 0.05) is 17.2 Å². The van der Waals surface area contributed by atoms with Gasteiger partial charge in [0.15, 0.2) is 5.69 Å². The zero-order chi connectivity index (χ0) is 22.4. The summed E-state index contributed by atoms with van der Waals surface area (Å²) in [7, 11) is -4.33. The molecule has 2 aromatic heterocycles. The van der Waals surface area contributed by atoms with Crippen LogP contribution in [-0.2, 0) is 16.2 Å². The minimum absolute atomic E-state index is 0.0288. The van der Waals surface area contributed by atoms with Crippen molar-refractivity contribution in [1.29, 1.82) is 0 Å². The Morgan fingerprint density at radius 3 is 2.19 bits per heavy atom. The Balaban J connectivity index is 1.84. The molecule has 0 saturated heterocycles. The van der Waals surface area contributed by atoms with Crippen molar-refractivity contribution in [2.75, 3.05) is 0 Å². The molecule has 0 aliphatic rings. The van der Waals surface area contributed by atoms with Crippen LogP contribution in [0.25, 0.3) is 28.3 Å². The molecule has 0 unspecified atom stereocenters. The first kappa shape index (κ1) is 20.8. The summed E-state index contributed by atoms with van der Waals surface area (Å²) in [5.74, 6) is -0.625. The van der Waals surface area contributed by atoms with E-state index in [0.29, 0.717) is 16.9 Å². The summed E-state index contributed by atoms with van der Waals surface area (Å²) in [5, 5.41) is 8.50. The average Bonchev–Trinajstić information content (AvgIpc) is 3.37. The van der Waals surface area contributed by atoms with Gasteiger partial charge >= 0.3 is 6.18 Å². The molecule has 0 aliphatic carbocycles. The van der Waals surface area contributed by atoms with Gasteiger partial charge in [-0.3, -0.25) is 0 Å². The van der Waals surface area contributed by atoms with Crippen LogP contribution in [-0.4, -0.2) is 18.2 Å². The third-order valence-corrected chi connectivity index (χ3v) is 5.40. The molecule has 160 valence electrons. The fourth-order valence-electron chi connectivity index (χ4n) is 3.02. The molecule has 2 heterocycles. The number of aromatic nitrogens is 2. The second kappa shape index (κ2) is 7.36. The van der Waals surface area contributed by atoms with Gasteiger partial charge in [-0.25, -0.2) is 22.6 Å². The van der Waals surface area contributed by atoms with Gasteiger partial charge in [0.25, 0.3) is 0 Å². The number of halogens is 4. The molecule has 4 rings (SSSR count). The lowest BCUT2D eigenvalue weighted by molar-refractivity contribution is -0.141. The lowest BCUT2D eigenvalue weighted by atomic mass is 10.1. The molecule has 0 saturated carbocycles. The SMILES string of the molecule is NS(=O)(=O)c1ccc(-n2nc(C(F)(F)F)cc2-c2ccc(-c3ccco3)cc2)cc1F. The van der Waals surface area contributed by atoms with Crippen molar-refractivity contribution in [3.63, 3.8) is 0 Å². The number of nitrogens with zero attached hydrogens (tertiary/aromatic N) is 2. The highest BCUT2D eigenvalue weighted by molar-refractivity contribution is 7.89. The minimum atomic E-state index is -4.74. The molecule has 0 bridgehead atoms. The predicted octanol–water partition coefficient (Wildman–Crippen LogP) is 4.60. The Labute approximate surface area is 173 Å². The van der Waals surface area contributed by atoms with E-state index >= 15 is 0 Å². The van der Waals surface area contributed by atoms with E-state index in [4.69, 9.17) is 9.56 Å². The van der Waals surface area contributed by atoms with Crippen molar-refractivity contribution in [3.05, 3.63) is 78.4 Å². The highest BCUT2D eigenvalue weighted by Crippen LogP contribution is 2.34. The summed E-state index contributed by atoms with van der Waals surface area (Å²) in [5.41, 5.74) is -0.186. The fourth-order valence-corrected chi connectivity index (χ4v) is 3.61. The van der Waals surface area contributed by atoms with E-state index in [0.717, 1.165) is 28.9 Å². The number of sulfonamides is 1. The molecule has 0 fully saturated rings. The van der Waals surface area contributed by atoms with E-state index in [1.807, 2.05) is 0 Å². The van der Waals surface area contributed by atoms with Crippen molar-refractivity contribution in [2.45, 2.75) is 11.1 Å². The van der Waals surface area contributed by atoms with Crippen molar-refractivity contribution in [3.8, 4) is 28.3 Å². The minimum Gasteiger partial charge on any atom is -0.464 e. The van der Waals surface area contributed by atoms with Gasteiger partial charge in [-0.1, -0.05) is 24.3 Å². The van der Waals surface area contributed by atoms with Gasteiger partial charge in [0.1, 0.15) is 16.5 Å². The van der Waals surface area contributed by atoms with Gasteiger partial charge in [0.05, 0.1) is 17.6 Å². The molecule has 31 heavy (non-hydrogen) atoms. The quantitative estimate of drug-likeness (QED) is 0.459. The van der Waals surface area contributed by atoms with Crippen LogP contribution < -0.4 is 5.14 Å². The maximum absolute atomic E-state index is 14.3. The number of hydrogen-bond acceptors (Lipinski definition) is 4. The van der Waals surface area contributed by atoms with Gasteiger partial charge < -0.3 is 4.42 Å². The number of primary sulfonamides is 1. The zero-order valence-corrected chi connectivity index (χ0v) is 16.3. The smallest absolute Gasteiger partial charge is 0.435 e. The third kappa shape index (κ3) is 4.09. The first-order valence-electron chi connectivity index (χ1n) is 8.68. The topological polar surface area (TPSA) is 91.1 Å². The van der Waals surface area contributed by atoms with Crippen molar-refractivity contribution in [2.24, 2.45) is 5.14 Å². The maximum atomic E-state index is 14.3. The molecule has 2 N–H and O–H groups in total. The number of rotatable bonds is 4. The second-order valence-electron chi connectivity index (χ2n) is 6.54. The van der Waals surface area contributed by atoms with Crippen LogP contribution in [0.4, 0.5) is 17.6 Å². The maximum Gasteiger partial charge on any atom is 0.435 e. The number of benzene rings is 2. The van der Waals surface area contributed by atoms with Crippen LogP contribution in [0.3, 0.4) is 0 Å². The highest BCUT2D eigenvalue weighted by Gasteiger charge is 2.35. The molecule has 0 amide bonds. The Kier molecular flexibility index (Phi) is 4.94. The third-order valence-electron chi connectivity index (χ3n) is 4.45. The summed E-state index contributed by atoms with van der Waals surface area (Å²) in [4.78, 5) is -0.774. The first-order chi connectivity index (χ1) is 14.5. The largest absolute Gasteiger partial charge is 0.464 e. The van der Waals surface area contributed by atoms with Gasteiger partial charge in [-0.05, 0) is 30.3 Å². The molecule has 0 spiro atoms. The Morgan fingerprint density at radius 2 is 1.65 bits per heavy atom. The van der Waals surface area contributed by atoms with Crippen LogP contribution in [0.1, 0.15) is 5.69 Å². The number of alkyl halides is 3. The Morgan fingerprint density at radius 1 is 0.968 bits per heavy atom. The van der Waals surface area contributed by atoms with Crippen LogP contribution >= 0.6 is 0 Å². The molecule has 2 aromatic carbocycles. The molecular formula is C20H13F4N3O3S. The molecule has 4 aromatic rings. The summed E-state index contributed by atoms with van der Waals surface area (Å²) < 4.78 is 83.2. The van der Waals surface area contributed by atoms with Crippen LogP contribution in [0, 0.1) is 5.82 Å². The number of nitrogens with two attached hydrogens (primary N) is 1. The monoisotopic (exact) mass is 451 g/mol. The lowest BCUT2D eigenvalue weighted by Gasteiger charge is -2.10. The Bertz CT molecular complexity index is 1340. The molecular weight excluding hydrogens is 438 g/mol. The first-order valence-corrected chi connectivity index (χ1v) is 10.2. The van der Waals surface area contributed by atoms with Crippen molar-refractivity contribution >= 4 is 10.0 Å². The van der Waals surface area contributed by atoms with Crippen LogP contribution in [0.2, 0.25) is 0 Å². The van der Waals surface area contributed by atoms with E-state index in [-0.39, 0.29) is 11.4 Å².